The molecule has 2 aromatic rings. The summed E-state index contributed by atoms with van der Waals surface area (Å²) in [6.45, 7) is 1.79. The van der Waals surface area contributed by atoms with Crippen LogP contribution in [0.1, 0.15) is 54.9 Å². The Morgan fingerprint density at radius 1 is 1.16 bits per heavy atom. The third-order valence-corrected chi connectivity index (χ3v) is 8.79. The summed E-state index contributed by atoms with van der Waals surface area (Å²) in [6.07, 6.45) is 5.12. The highest BCUT2D eigenvalue weighted by molar-refractivity contribution is 7.90. The normalized spacial score (nSPS) is 22.9. The summed E-state index contributed by atoms with van der Waals surface area (Å²) in [4.78, 5) is 30.1. The molecule has 1 aromatic carbocycles. The zero-order valence-electron chi connectivity index (χ0n) is 22.1. The molecule has 2 fully saturated rings. The maximum atomic E-state index is 13.2. The van der Waals surface area contributed by atoms with Gasteiger partial charge in [0.15, 0.2) is 14.9 Å². The molecular formula is C28H37N3O6S. The minimum atomic E-state index is -3.69. The fourth-order valence-corrected chi connectivity index (χ4v) is 6.29. The monoisotopic (exact) mass is 543 g/mol. The van der Waals surface area contributed by atoms with Crippen molar-refractivity contribution in [2.45, 2.75) is 68.7 Å². The number of aliphatic hydroxyl groups is 1. The van der Waals surface area contributed by atoms with Crippen molar-refractivity contribution >= 4 is 21.7 Å². The van der Waals surface area contributed by atoms with E-state index in [4.69, 9.17) is 4.74 Å². The Hall–Kier alpha value is -2.98. The third-order valence-electron chi connectivity index (χ3n) is 7.82. The molecule has 2 amide bonds. The first kappa shape index (κ1) is 28.0. The maximum absolute atomic E-state index is 13.2. The molecule has 206 valence electrons. The molecule has 0 saturated heterocycles. The van der Waals surface area contributed by atoms with E-state index in [1.54, 1.807) is 6.92 Å². The Kier molecular flexibility index (Phi) is 8.72. The van der Waals surface area contributed by atoms with Gasteiger partial charge in [-0.1, -0.05) is 43.7 Å². The van der Waals surface area contributed by atoms with Gasteiger partial charge in [-0.2, -0.15) is 0 Å². The van der Waals surface area contributed by atoms with E-state index in [9.17, 15) is 23.1 Å². The second-order valence-electron chi connectivity index (χ2n) is 10.8. The SMILES string of the molecule is COc1cc(C(=O)N[C@@H](Cc2ccccc2)[C@H](O)C[C@@H](C)C(=O)NC2CC3CCC2C3)cc(S(C)(=O)=O)n1. The first-order valence-corrected chi connectivity index (χ1v) is 15.0. The molecule has 0 spiro atoms. The number of benzene rings is 1. The Labute approximate surface area is 224 Å². The summed E-state index contributed by atoms with van der Waals surface area (Å²) in [5.41, 5.74) is 0.949. The predicted molar refractivity (Wildman–Crippen MR) is 142 cm³/mol. The van der Waals surface area contributed by atoms with Crippen molar-refractivity contribution in [2.24, 2.45) is 17.8 Å². The molecule has 3 unspecified atom stereocenters. The molecule has 1 aromatic heterocycles. The summed E-state index contributed by atoms with van der Waals surface area (Å²) < 4.78 is 29.2. The fourth-order valence-electron chi connectivity index (χ4n) is 5.69. The summed E-state index contributed by atoms with van der Waals surface area (Å²) in [6, 6.07) is 11.4. The van der Waals surface area contributed by atoms with Gasteiger partial charge in [0.1, 0.15) is 0 Å². The number of aliphatic hydroxyl groups excluding tert-OH is 1. The highest BCUT2D eigenvalue weighted by Gasteiger charge is 2.40. The van der Waals surface area contributed by atoms with E-state index >= 15 is 0 Å². The van der Waals surface area contributed by atoms with Crippen molar-refractivity contribution < 1.29 is 27.9 Å². The summed E-state index contributed by atoms with van der Waals surface area (Å²) in [5, 5.41) is 17.0. The van der Waals surface area contributed by atoms with E-state index < -0.39 is 33.8 Å². The Balaban J connectivity index is 1.48. The van der Waals surface area contributed by atoms with Gasteiger partial charge in [-0.3, -0.25) is 9.59 Å². The molecule has 2 aliphatic carbocycles. The second-order valence-corrected chi connectivity index (χ2v) is 12.7. The zero-order chi connectivity index (χ0) is 27.4. The average molecular weight is 544 g/mol. The topological polar surface area (TPSA) is 135 Å². The molecule has 9 nitrogen and oxygen atoms in total. The lowest BCUT2D eigenvalue weighted by Gasteiger charge is -2.28. The molecule has 1 heterocycles. The fraction of sp³-hybridized carbons (Fsp3) is 0.536. The van der Waals surface area contributed by atoms with Crippen molar-refractivity contribution in [1.82, 2.24) is 15.6 Å². The number of nitrogens with zero attached hydrogens (tertiary/aromatic N) is 1. The van der Waals surface area contributed by atoms with E-state index in [1.165, 1.54) is 38.5 Å². The van der Waals surface area contributed by atoms with Gasteiger partial charge in [0, 0.05) is 29.8 Å². The lowest BCUT2D eigenvalue weighted by atomic mass is 9.92. The van der Waals surface area contributed by atoms with Gasteiger partial charge in [-0.25, -0.2) is 13.4 Å². The molecule has 2 bridgehead atoms. The maximum Gasteiger partial charge on any atom is 0.251 e. The smallest absolute Gasteiger partial charge is 0.251 e. The number of pyridine rings is 1. The quantitative estimate of drug-likeness (QED) is 0.396. The number of methoxy groups -OCH3 is 1. The van der Waals surface area contributed by atoms with Gasteiger partial charge in [0.2, 0.25) is 11.8 Å². The molecule has 2 saturated carbocycles. The lowest BCUT2D eigenvalue weighted by Crippen LogP contribution is -2.47. The number of ether oxygens (including phenoxy) is 1. The largest absolute Gasteiger partial charge is 0.481 e. The van der Waals surface area contributed by atoms with Crippen LogP contribution in [-0.4, -0.2) is 61.9 Å². The van der Waals surface area contributed by atoms with E-state index in [1.807, 2.05) is 30.3 Å². The molecule has 4 rings (SSSR count). The van der Waals surface area contributed by atoms with Gasteiger partial charge in [-0.15, -0.1) is 0 Å². The molecule has 3 N–H and O–H groups in total. The molecular weight excluding hydrogens is 506 g/mol. The van der Waals surface area contributed by atoms with Crippen LogP contribution in [-0.2, 0) is 21.1 Å². The van der Waals surface area contributed by atoms with E-state index in [2.05, 4.69) is 15.6 Å². The number of amides is 2. The van der Waals surface area contributed by atoms with E-state index in [0.29, 0.717) is 18.3 Å². The molecule has 38 heavy (non-hydrogen) atoms. The van der Waals surface area contributed by atoms with Crippen LogP contribution in [0.3, 0.4) is 0 Å². The van der Waals surface area contributed by atoms with Gasteiger partial charge in [-0.05, 0) is 55.6 Å². The average Bonchev–Trinajstić information content (AvgIpc) is 3.51. The number of aromatic nitrogens is 1. The van der Waals surface area contributed by atoms with Crippen LogP contribution in [0.25, 0.3) is 0 Å². The number of sulfone groups is 1. The molecule has 2 aliphatic rings. The van der Waals surface area contributed by atoms with Gasteiger partial charge >= 0.3 is 0 Å². The van der Waals surface area contributed by atoms with Crippen LogP contribution in [0, 0.1) is 17.8 Å². The first-order valence-electron chi connectivity index (χ1n) is 13.1. The number of carbonyl (C=O) groups excluding carboxylic acids is 2. The van der Waals surface area contributed by atoms with Crippen molar-refractivity contribution in [2.75, 3.05) is 13.4 Å². The van der Waals surface area contributed by atoms with E-state index in [-0.39, 0.29) is 34.8 Å². The molecule has 6 atom stereocenters. The number of carbonyl (C=O) groups is 2. The number of hydrogen-bond acceptors (Lipinski definition) is 7. The molecule has 0 radical (unpaired) electrons. The number of rotatable bonds is 11. The second kappa shape index (κ2) is 11.8. The first-order chi connectivity index (χ1) is 18.0. The lowest BCUT2D eigenvalue weighted by molar-refractivity contribution is -0.126. The van der Waals surface area contributed by atoms with Crippen molar-refractivity contribution in [3.63, 3.8) is 0 Å². The zero-order valence-corrected chi connectivity index (χ0v) is 22.9. The molecule has 0 aliphatic heterocycles. The summed E-state index contributed by atoms with van der Waals surface area (Å²) in [5.74, 6) is 0.158. The summed E-state index contributed by atoms with van der Waals surface area (Å²) in [7, 11) is -2.35. The van der Waals surface area contributed by atoms with Gasteiger partial charge in [0.05, 0.1) is 19.3 Å². The minimum absolute atomic E-state index is 0.0101. The number of fused-ring (bicyclic) bond motifs is 2. The Morgan fingerprint density at radius 3 is 2.50 bits per heavy atom. The van der Waals surface area contributed by atoms with Gasteiger partial charge in [0.25, 0.3) is 5.91 Å². The van der Waals surface area contributed by atoms with Crippen LogP contribution in [0.5, 0.6) is 5.88 Å². The Morgan fingerprint density at radius 2 is 1.89 bits per heavy atom. The van der Waals surface area contributed by atoms with Crippen LogP contribution in [0.15, 0.2) is 47.5 Å². The standard InChI is InChI=1S/C28H37N3O6S/c1-17(27(33)29-22-14-19-9-10-20(22)12-19)11-24(32)23(13-18-7-5-4-6-8-18)30-28(34)21-15-25(37-2)31-26(16-21)38(3,35)36/h4-8,15-17,19-20,22-24,32H,9-14H2,1-3H3,(H,29,33)(H,30,34)/t17-,19?,20?,22?,23+,24-/m1/s1. The van der Waals surface area contributed by atoms with Crippen LogP contribution in [0.4, 0.5) is 0 Å². The highest BCUT2D eigenvalue weighted by atomic mass is 32.2. The number of nitrogens with one attached hydrogen (secondary N) is 2. The van der Waals surface area contributed by atoms with Crippen LogP contribution in [0.2, 0.25) is 0 Å². The number of hydrogen-bond donors (Lipinski definition) is 3. The van der Waals surface area contributed by atoms with Crippen molar-refractivity contribution in [3.8, 4) is 5.88 Å². The highest BCUT2D eigenvalue weighted by Crippen LogP contribution is 2.44. The van der Waals surface area contributed by atoms with Crippen molar-refractivity contribution in [1.29, 1.82) is 0 Å². The van der Waals surface area contributed by atoms with Crippen LogP contribution >= 0.6 is 0 Å². The predicted octanol–water partition coefficient (Wildman–Crippen LogP) is 2.53. The van der Waals surface area contributed by atoms with Crippen molar-refractivity contribution in [3.05, 3.63) is 53.6 Å². The van der Waals surface area contributed by atoms with Crippen LogP contribution < -0.4 is 15.4 Å². The van der Waals surface area contributed by atoms with Gasteiger partial charge < -0.3 is 20.5 Å². The Bertz CT molecular complexity index is 1250. The van der Waals surface area contributed by atoms with E-state index in [0.717, 1.165) is 18.2 Å². The minimum Gasteiger partial charge on any atom is -0.481 e. The molecule has 10 heteroatoms. The third kappa shape index (κ3) is 6.91. The summed E-state index contributed by atoms with van der Waals surface area (Å²) >= 11 is 0.